The third kappa shape index (κ3) is 1.68. The van der Waals surface area contributed by atoms with Gasteiger partial charge in [0.05, 0.1) is 7.11 Å². The van der Waals surface area contributed by atoms with Crippen LogP contribution in [-0.2, 0) is 19.1 Å². The average molecular weight is 185 g/mol. The Hall–Kier alpha value is -1.39. The van der Waals surface area contributed by atoms with E-state index in [0.717, 1.165) is 4.90 Å². The molecule has 0 aromatic heterocycles. The number of hydrogen-bond donors (Lipinski definition) is 0. The molecule has 72 valence electrons. The maximum Gasteiger partial charge on any atom is 0.318 e. The van der Waals surface area contributed by atoms with Crippen LogP contribution < -0.4 is 0 Å². The molecule has 1 heterocycles. The topological polar surface area (TPSA) is 63.7 Å². The molecule has 0 aliphatic carbocycles. The number of hydrogen-bond acceptors (Lipinski definition) is 4. The fourth-order valence-corrected chi connectivity index (χ4v) is 1.35. The molecule has 1 aliphatic rings. The van der Waals surface area contributed by atoms with Crippen molar-refractivity contribution in [2.75, 3.05) is 13.7 Å². The third-order valence-corrected chi connectivity index (χ3v) is 2.07. The molecule has 0 radical (unpaired) electrons. The zero-order chi connectivity index (χ0) is 10.0. The quantitative estimate of drug-likeness (QED) is 0.410. The van der Waals surface area contributed by atoms with Crippen LogP contribution in [0.5, 0.6) is 0 Å². The molecule has 13 heavy (non-hydrogen) atoms. The highest BCUT2D eigenvalue weighted by molar-refractivity contribution is 6.06. The zero-order valence-electron chi connectivity index (χ0n) is 7.57. The zero-order valence-corrected chi connectivity index (χ0v) is 7.57. The summed E-state index contributed by atoms with van der Waals surface area (Å²) in [6.45, 7) is 1.62. The Morgan fingerprint density at radius 2 is 2.15 bits per heavy atom. The minimum Gasteiger partial charge on any atom is -0.468 e. The van der Waals surface area contributed by atoms with Gasteiger partial charge in [-0.05, 0) is 6.42 Å². The number of esters is 1. The van der Waals surface area contributed by atoms with Gasteiger partial charge >= 0.3 is 5.97 Å². The minimum absolute atomic E-state index is 0.313. The number of likely N-dealkylation sites (tertiary alicyclic amines) is 1. The molecular formula is C8H11NO4. The maximum atomic E-state index is 11.4. The predicted octanol–water partition coefficient (Wildman–Crippen LogP) is -0.446. The van der Waals surface area contributed by atoms with E-state index >= 15 is 0 Å². The fraction of sp³-hybridized carbons (Fsp3) is 0.625. The van der Waals surface area contributed by atoms with Crippen LogP contribution >= 0.6 is 0 Å². The molecule has 0 aromatic carbocycles. The van der Waals surface area contributed by atoms with E-state index in [1.54, 1.807) is 0 Å². The van der Waals surface area contributed by atoms with Crippen molar-refractivity contribution in [2.24, 2.45) is 5.92 Å². The molecule has 1 rings (SSSR count). The SMILES string of the molecule is COC(=O)C1CCN(C(C)=O)C1=O. The Morgan fingerprint density at radius 1 is 1.54 bits per heavy atom. The molecule has 1 saturated heterocycles. The van der Waals surface area contributed by atoms with Crippen molar-refractivity contribution in [1.82, 2.24) is 4.90 Å². The van der Waals surface area contributed by atoms with Crippen LogP contribution in [0.15, 0.2) is 0 Å². The fourth-order valence-electron chi connectivity index (χ4n) is 1.35. The highest BCUT2D eigenvalue weighted by Gasteiger charge is 2.39. The lowest BCUT2D eigenvalue weighted by atomic mass is 10.1. The Kier molecular flexibility index (Phi) is 2.65. The van der Waals surface area contributed by atoms with Gasteiger partial charge in [-0.1, -0.05) is 0 Å². The molecule has 1 unspecified atom stereocenters. The van der Waals surface area contributed by atoms with Gasteiger partial charge in [-0.25, -0.2) is 0 Å². The van der Waals surface area contributed by atoms with Gasteiger partial charge in [0, 0.05) is 13.5 Å². The number of imide groups is 1. The second kappa shape index (κ2) is 3.55. The van der Waals surface area contributed by atoms with Crippen molar-refractivity contribution in [3.8, 4) is 0 Å². The number of carbonyl (C=O) groups is 3. The van der Waals surface area contributed by atoms with Crippen LogP contribution in [0.25, 0.3) is 0 Å². The maximum absolute atomic E-state index is 11.4. The van der Waals surface area contributed by atoms with Crippen LogP contribution in [-0.4, -0.2) is 36.3 Å². The second-order valence-corrected chi connectivity index (χ2v) is 2.87. The largest absolute Gasteiger partial charge is 0.468 e. The summed E-state index contributed by atoms with van der Waals surface area (Å²) >= 11 is 0. The van der Waals surface area contributed by atoms with Gasteiger partial charge < -0.3 is 4.74 Å². The molecular weight excluding hydrogens is 174 g/mol. The number of methoxy groups -OCH3 is 1. The van der Waals surface area contributed by atoms with Gasteiger partial charge in [0.25, 0.3) is 0 Å². The molecule has 1 aliphatic heterocycles. The molecule has 0 aromatic rings. The summed E-state index contributed by atoms with van der Waals surface area (Å²) in [5, 5.41) is 0. The van der Waals surface area contributed by atoms with Crippen molar-refractivity contribution < 1.29 is 19.1 Å². The van der Waals surface area contributed by atoms with Gasteiger partial charge in [0.2, 0.25) is 11.8 Å². The van der Waals surface area contributed by atoms with Gasteiger partial charge in [-0.15, -0.1) is 0 Å². The van der Waals surface area contributed by atoms with Crippen LogP contribution in [0, 0.1) is 5.92 Å². The lowest BCUT2D eigenvalue weighted by Gasteiger charge is -2.10. The Balaban J connectivity index is 2.71. The molecule has 1 fully saturated rings. The molecule has 0 bridgehead atoms. The summed E-state index contributed by atoms with van der Waals surface area (Å²) in [5.74, 6) is -2.11. The van der Waals surface area contributed by atoms with E-state index in [0.29, 0.717) is 13.0 Å². The first-order valence-electron chi connectivity index (χ1n) is 3.97. The van der Waals surface area contributed by atoms with E-state index in [-0.39, 0.29) is 5.91 Å². The van der Waals surface area contributed by atoms with E-state index in [2.05, 4.69) is 4.74 Å². The number of nitrogens with zero attached hydrogens (tertiary/aromatic N) is 1. The molecule has 0 N–H and O–H groups in total. The normalized spacial score (nSPS) is 21.8. The van der Waals surface area contributed by atoms with Gasteiger partial charge in [0.15, 0.2) is 0 Å². The second-order valence-electron chi connectivity index (χ2n) is 2.87. The first-order valence-corrected chi connectivity index (χ1v) is 3.97. The molecule has 0 saturated carbocycles. The molecule has 2 amide bonds. The Labute approximate surface area is 75.6 Å². The van der Waals surface area contributed by atoms with Crippen LogP contribution in [0.4, 0.5) is 0 Å². The number of amides is 2. The first kappa shape index (κ1) is 9.70. The smallest absolute Gasteiger partial charge is 0.318 e. The standard InChI is InChI=1S/C8H11NO4/c1-5(10)9-4-3-6(7(9)11)8(12)13-2/h6H,3-4H2,1-2H3. The summed E-state index contributed by atoms with van der Waals surface area (Å²) in [5.41, 5.74) is 0. The molecule has 5 nitrogen and oxygen atoms in total. The summed E-state index contributed by atoms with van der Waals surface area (Å²) in [4.78, 5) is 34.3. The van der Waals surface area contributed by atoms with Gasteiger partial charge in [0.1, 0.15) is 5.92 Å². The van der Waals surface area contributed by atoms with Crippen LogP contribution in [0.3, 0.4) is 0 Å². The van der Waals surface area contributed by atoms with E-state index < -0.39 is 17.8 Å². The Bertz CT molecular complexity index is 261. The van der Waals surface area contributed by atoms with Crippen molar-refractivity contribution in [1.29, 1.82) is 0 Å². The summed E-state index contributed by atoms with van der Waals surface area (Å²) in [6.07, 6.45) is 0.366. The van der Waals surface area contributed by atoms with Crippen LogP contribution in [0.1, 0.15) is 13.3 Å². The van der Waals surface area contributed by atoms with Crippen molar-refractivity contribution in [2.45, 2.75) is 13.3 Å². The highest BCUT2D eigenvalue weighted by atomic mass is 16.5. The predicted molar refractivity (Wildman–Crippen MR) is 42.5 cm³/mol. The van der Waals surface area contributed by atoms with Crippen LogP contribution in [0.2, 0.25) is 0 Å². The lowest BCUT2D eigenvalue weighted by Crippen LogP contribution is -2.34. The molecule has 5 heteroatoms. The Morgan fingerprint density at radius 3 is 2.54 bits per heavy atom. The number of carbonyl (C=O) groups excluding carboxylic acids is 3. The molecule has 1 atom stereocenters. The minimum atomic E-state index is -0.783. The highest BCUT2D eigenvalue weighted by Crippen LogP contribution is 2.18. The molecule has 0 spiro atoms. The summed E-state index contributed by atoms with van der Waals surface area (Å²) < 4.78 is 4.43. The van der Waals surface area contributed by atoms with Gasteiger partial charge in [-0.2, -0.15) is 0 Å². The summed E-state index contributed by atoms with van der Waals surface area (Å²) in [6, 6.07) is 0. The third-order valence-electron chi connectivity index (χ3n) is 2.07. The van der Waals surface area contributed by atoms with E-state index in [4.69, 9.17) is 0 Å². The van der Waals surface area contributed by atoms with Gasteiger partial charge in [-0.3, -0.25) is 19.3 Å². The first-order chi connectivity index (χ1) is 6.07. The van der Waals surface area contributed by atoms with E-state index in [9.17, 15) is 14.4 Å². The average Bonchev–Trinajstić information content (AvgIpc) is 2.46. The van der Waals surface area contributed by atoms with E-state index in [1.165, 1.54) is 14.0 Å². The number of ether oxygens (including phenoxy) is 1. The monoisotopic (exact) mass is 185 g/mol. The van der Waals surface area contributed by atoms with Crippen molar-refractivity contribution >= 4 is 17.8 Å². The number of rotatable bonds is 1. The van der Waals surface area contributed by atoms with E-state index in [1.807, 2.05) is 0 Å². The van der Waals surface area contributed by atoms with Crippen molar-refractivity contribution in [3.05, 3.63) is 0 Å². The van der Waals surface area contributed by atoms with Crippen molar-refractivity contribution in [3.63, 3.8) is 0 Å². The summed E-state index contributed by atoms with van der Waals surface area (Å²) in [7, 11) is 1.23. The lowest BCUT2D eigenvalue weighted by molar-refractivity contribution is -0.151.